The standard InChI is InChI=1S/C21H22F4N2O3/c1-29-17-7-6-14(10-16(17)22)11-27-19(28)18-15(21(23,24)25)8-9-26-20(18)30-12-13-4-2-3-5-13/h6-10,13H,2-5,11-12H2,1H3,(H,27,28). The summed E-state index contributed by atoms with van der Waals surface area (Å²) in [6.07, 6.45) is 0.189. The van der Waals surface area contributed by atoms with Crippen molar-refractivity contribution in [2.75, 3.05) is 13.7 Å². The molecule has 0 bridgehead atoms. The maximum atomic E-state index is 13.8. The molecule has 1 aliphatic carbocycles. The molecular weight excluding hydrogens is 404 g/mol. The molecule has 0 aliphatic heterocycles. The number of nitrogens with one attached hydrogen (secondary N) is 1. The molecule has 2 aromatic rings. The summed E-state index contributed by atoms with van der Waals surface area (Å²) in [5.41, 5.74) is -1.43. The second kappa shape index (κ2) is 9.32. The number of nitrogens with zero attached hydrogens (tertiary/aromatic N) is 1. The van der Waals surface area contributed by atoms with E-state index in [-0.39, 0.29) is 30.7 Å². The summed E-state index contributed by atoms with van der Waals surface area (Å²) in [5, 5.41) is 2.39. The van der Waals surface area contributed by atoms with Crippen molar-refractivity contribution in [2.24, 2.45) is 5.92 Å². The lowest BCUT2D eigenvalue weighted by molar-refractivity contribution is -0.138. The smallest absolute Gasteiger partial charge is 0.417 e. The second-order valence-corrected chi connectivity index (χ2v) is 7.15. The van der Waals surface area contributed by atoms with Gasteiger partial charge in [-0.15, -0.1) is 0 Å². The highest BCUT2D eigenvalue weighted by Gasteiger charge is 2.37. The fourth-order valence-corrected chi connectivity index (χ4v) is 3.47. The van der Waals surface area contributed by atoms with Crippen molar-refractivity contribution in [3.8, 4) is 11.6 Å². The molecule has 9 heteroatoms. The van der Waals surface area contributed by atoms with Crippen molar-refractivity contribution in [1.29, 1.82) is 0 Å². The van der Waals surface area contributed by atoms with Crippen LogP contribution in [0.4, 0.5) is 17.6 Å². The van der Waals surface area contributed by atoms with E-state index in [9.17, 15) is 22.4 Å². The van der Waals surface area contributed by atoms with Crippen molar-refractivity contribution in [3.63, 3.8) is 0 Å². The van der Waals surface area contributed by atoms with Crippen molar-refractivity contribution in [3.05, 3.63) is 53.0 Å². The number of hydrogen-bond donors (Lipinski definition) is 1. The largest absolute Gasteiger partial charge is 0.494 e. The molecule has 1 N–H and O–H groups in total. The van der Waals surface area contributed by atoms with Gasteiger partial charge in [0.05, 0.1) is 19.3 Å². The van der Waals surface area contributed by atoms with Crippen LogP contribution < -0.4 is 14.8 Å². The number of aromatic nitrogens is 1. The van der Waals surface area contributed by atoms with E-state index in [1.165, 1.54) is 19.2 Å². The number of hydrogen-bond acceptors (Lipinski definition) is 4. The van der Waals surface area contributed by atoms with Gasteiger partial charge in [-0.2, -0.15) is 13.2 Å². The molecule has 0 spiro atoms. The average Bonchev–Trinajstić information content (AvgIpc) is 3.23. The van der Waals surface area contributed by atoms with Crippen LogP contribution in [0, 0.1) is 11.7 Å². The fourth-order valence-electron chi connectivity index (χ4n) is 3.47. The van der Waals surface area contributed by atoms with E-state index in [1.54, 1.807) is 0 Å². The zero-order valence-electron chi connectivity index (χ0n) is 16.4. The van der Waals surface area contributed by atoms with Crippen LogP contribution in [0.2, 0.25) is 0 Å². The van der Waals surface area contributed by atoms with E-state index >= 15 is 0 Å². The lowest BCUT2D eigenvalue weighted by Gasteiger charge is -2.17. The molecular formula is C21H22F4N2O3. The van der Waals surface area contributed by atoms with Crippen LogP contribution in [-0.4, -0.2) is 24.6 Å². The Morgan fingerprint density at radius 1 is 1.23 bits per heavy atom. The predicted octanol–water partition coefficient (Wildman–Crippen LogP) is 4.75. The molecule has 0 atom stereocenters. The molecule has 3 rings (SSSR count). The molecule has 5 nitrogen and oxygen atoms in total. The monoisotopic (exact) mass is 426 g/mol. The third-order valence-corrected chi connectivity index (χ3v) is 5.05. The molecule has 30 heavy (non-hydrogen) atoms. The molecule has 1 aromatic carbocycles. The first-order chi connectivity index (χ1) is 14.3. The number of carbonyl (C=O) groups is 1. The maximum absolute atomic E-state index is 13.8. The number of amides is 1. The number of carbonyl (C=O) groups excluding carboxylic acids is 1. The number of halogens is 4. The Balaban J connectivity index is 1.80. The van der Waals surface area contributed by atoms with Crippen LogP contribution in [0.3, 0.4) is 0 Å². The van der Waals surface area contributed by atoms with E-state index in [1.807, 2.05) is 0 Å². The number of ether oxygens (including phenoxy) is 2. The summed E-state index contributed by atoms with van der Waals surface area (Å²) in [5.74, 6) is -1.72. The Hall–Kier alpha value is -2.84. The zero-order chi connectivity index (χ0) is 21.7. The lowest BCUT2D eigenvalue weighted by Crippen LogP contribution is -2.27. The number of rotatable bonds is 7. The van der Waals surface area contributed by atoms with Crippen LogP contribution in [0.25, 0.3) is 0 Å². The van der Waals surface area contributed by atoms with Crippen molar-refractivity contribution in [1.82, 2.24) is 10.3 Å². The second-order valence-electron chi connectivity index (χ2n) is 7.15. The van der Waals surface area contributed by atoms with Crippen LogP contribution in [0.1, 0.15) is 47.2 Å². The van der Waals surface area contributed by atoms with E-state index in [4.69, 9.17) is 9.47 Å². The number of pyridine rings is 1. The van der Waals surface area contributed by atoms with Gasteiger partial charge in [0.25, 0.3) is 5.91 Å². The third kappa shape index (κ3) is 5.20. The number of alkyl halides is 3. The van der Waals surface area contributed by atoms with Gasteiger partial charge in [0.15, 0.2) is 11.6 Å². The van der Waals surface area contributed by atoms with E-state index in [2.05, 4.69) is 10.3 Å². The predicted molar refractivity (Wildman–Crippen MR) is 101 cm³/mol. The minimum absolute atomic E-state index is 0.0271. The first-order valence-corrected chi connectivity index (χ1v) is 9.59. The van der Waals surface area contributed by atoms with Gasteiger partial charge in [0.1, 0.15) is 5.56 Å². The summed E-state index contributed by atoms with van der Waals surface area (Å²) >= 11 is 0. The van der Waals surface area contributed by atoms with Gasteiger partial charge in [0, 0.05) is 12.7 Å². The SMILES string of the molecule is COc1ccc(CNC(=O)c2c(C(F)(F)F)ccnc2OCC2CCCC2)cc1F. The third-order valence-electron chi connectivity index (χ3n) is 5.05. The van der Waals surface area contributed by atoms with Crippen LogP contribution in [0.15, 0.2) is 30.5 Å². The Bertz CT molecular complexity index is 896. The quantitative estimate of drug-likeness (QED) is 0.650. The van der Waals surface area contributed by atoms with Gasteiger partial charge in [-0.1, -0.05) is 18.9 Å². The molecule has 0 unspecified atom stereocenters. The number of benzene rings is 1. The molecule has 1 amide bonds. The maximum Gasteiger partial charge on any atom is 0.417 e. The summed E-state index contributed by atoms with van der Waals surface area (Å²) in [7, 11) is 1.31. The lowest BCUT2D eigenvalue weighted by atomic mass is 10.1. The summed E-state index contributed by atoms with van der Waals surface area (Å²) < 4.78 is 64.7. The van der Waals surface area contributed by atoms with Crippen molar-refractivity contribution in [2.45, 2.75) is 38.4 Å². The summed E-state index contributed by atoms with van der Waals surface area (Å²) in [6.45, 7) is 0.0340. The van der Waals surface area contributed by atoms with Gasteiger partial charge < -0.3 is 14.8 Å². The molecule has 1 saturated carbocycles. The Morgan fingerprint density at radius 3 is 2.60 bits per heavy atom. The first kappa shape index (κ1) is 21.9. The van der Waals surface area contributed by atoms with Crippen LogP contribution >= 0.6 is 0 Å². The van der Waals surface area contributed by atoms with Gasteiger partial charge in [-0.3, -0.25) is 4.79 Å². The molecule has 0 radical (unpaired) electrons. The highest BCUT2D eigenvalue weighted by Crippen LogP contribution is 2.35. The Labute approximate surface area is 171 Å². The Morgan fingerprint density at radius 2 is 1.97 bits per heavy atom. The fraction of sp³-hybridized carbons (Fsp3) is 0.429. The molecule has 162 valence electrons. The van der Waals surface area contributed by atoms with Gasteiger partial charge >= 0.3 is 6.18 Å². The van der Waals surface area contributed by atoms with E-state index in [0.717, 1.165) is 44.0 Å². The minimum atomic E-state index is -4.76. The van der Waals surface area contributed by atoms with Crippen molar-refractivity contribution < 1.29 is 31.8 Å². The molecule has 1 fully saturated rings. The summed E-state index contributed by atoms with van der Waals surface area (Å²) in [6, 6.07) is 4.76. The molecule has 1 aromatic heterocycles. The number of methoxy groups -OCH3 is 1. The molecule has 1 heterocycles. The molecule has 1 aliphatic rings. The van der Waals surface area contributed by atoms with E-state index in [0.29, 0.717) is 5.56 Å². The average molecular weight is 426 g/mol. The van der Waals surface area contributed by atoms with Gasteiger partial charge in [0.2, 0.25) is 5.88 Å². The normalized spacial score (nSPS) is 14.6. The van der Waals surface area contributed by atoms with Crippen LogP contribution in [0.5, 0.6) is 11.6 Å². The highest BCUT2D eigenvalue weighted by atomic mass is 19.4. The Kier molecular flexibility index (Phi) is 6.79. The van der Waals surface area contributed by atoms with E-state index < -0.39 is 29.0 Å². The van der Waals surface area contributed by atoms with Crippen LogP contribution in [-0.2, 0) is 12.7 Å². The topological polar surface area (TPSA) is 60.5 Å². The van der Waals surface area contributed by atoms with Crippen molar-refractivity contribution >= 4 is 5.91 Å². The molecule has 0 saturated heterocycles. The highest BCUT2D eigenvalue weighted by molar-refractivity contribution is 5.98. The van der Waals surface area contributed by atoms with Gasteiger partial charge in [-0.05, 0) is 42.5 Å². The summed E-state index contributed by atoms with van der Waals surface area (Å²) in [4.78, 5) is 16.5. The minimum Gasteiger partial charge on any atom is -0.494 e. The zero-order valence-corrected chi connectivity index (χ0v) is 16.4. The first-order valence-electron chi connectivity index (χ1n) is 9.59. The van der Waals surface area contributed by atoms with Gasteiger partial charge in [-0.25, -0.2) is 9.37 Å².